The van der Waals surface area contributed by atoms with E-state index in [1.807, 2.05) is 11.3 Å². The van der Waals surface area contributed by atoms with Crippen LogP contribution in [0.5, 0.6) is 0 Å². The van der Waals surface area contributed by atoms with Crippen LogP contribution in [0.4, 0.5) is 0 Å². The van der Waals surface area contributed by atoms with E-state index >= 15 is 0 Å². The predicted molar refractivity (Wildman–Crippen MR) is 79.4 cm³/mol. The topological polar surface area (TPSA) is 12.0 Å². The van der Waals surface area contributed by atoms with Crippen LogP contribution < -0.4 is 5.32 Å². The fraction of sp³-hybridized carbons (Fsp3) is 0.375. The average Bonchev–Trinajstić information content (AvgIpc) is 2.73. The molecule has 1 N–H and O–H groups in total. The van der Waals surface area contributed by atoms with Crippen molar-refractivity contribution in [1.82, 2.24) is 5.32 Å². The molecule has 2 heterocycles. The molecule has 1 aliphatic heterocycles. The van der Waals surface area contributed by atoms with Gasteiger partial charge in [-0.05, 0) is 44.4 Å². The summed E-state index contributed by atoms with van der Waals surface area (Å²) in [6, 6.07) is 9.71. The first kappa shape index (κ1) is 11.9. The van der Waals surface area contributed by atoms with Gasteiger partial charge in [0.1, 0.15) is 0 Å². The van der Waals surface area contributed by atoms with Crippen LogP contribution >= 0.6 is 11.3 Å². The van der Waals surface area contributed by atoms with Crippen LogP contribution in [0.1, 0.15) is 34.5 Å². The molecule has 0 radical (unpaired) electrons. The second-order valence-electron chi connectivity index (χ2n) is 5.29. The molecule has 18 heavy (non-hydrogen) atoms. The second-order valence-corrected chi connectivity index (χ2v) is 6.43. The molecule has 1 aromatic heterocycles. The van der Waals surface area contributed by atoms with Gasteiger partial charge in [0.2, 0.25) is 0 Å². The number of aryl methyl sites for hydroxylation is 2. The maximum Gasteiger partial charge on any atom is 0.0349 e. The normalized spacial score (nSPS) is 18.7. The molecule has 0 fully saturated rings. The predicted octanol–water partition coefficient (Wildman–Crippen LogP) is 4.24. The summed E-state index contributed by atoms with van der Waals surface area (Å²) < 4.78 is 0. The Morgan fingerprint density at radius 2 is 1.83 bits per heavy atom. The first-order valence-corrected chi connectivity index (χ1v) is 7.40. The Morgan fingerprint density at radius 3 is 2.50 bits per heavy atom. The van der Waals surface area contributed by atoms with Gasteiger partial charge >= 0.3 is 0 Å². The van der Waals surface area contributed by atoms with Crippen LogP contribution in [0, 0.1) is 13.8 Å². The molecular weight excluding hydrogens is 238 g/mol. The number of hydrogen-bond acceptors (Lipinski definition) is 2. The molecule has 1 nitrogen and oxygen atoms in total. The number of hydrogen-bond donors (Lipinski definition) is 1. The molecule has 0 saturated heterocycles. The molecule has 0 aliphatic carbocycles. The lowest BCUT2D eigenvalue weighted by atomic mass is 10.0. The molecule has 94 valence electrons. The minimum atomic E-state index is 0.504. The summed E-state index contributed by atoms with van der Waals surface area (Å²) >= 11 is 1.97. The highest BCUT2D eigenvalue weighted by atomic mass is 32.1. The van der Waals surface area contributed by atoms with E-state index in [4.69, 9.17) is 0 Å². The van der Waals surface area contributed by atoms with E-state index in [-0.39, 0.29) is 0 Å². The first-order valence-electron chi connectivity index (χ1n) is 6.58. The minimum absolute atomic E-state index is 0.504. The molecule has 0 spiro atoms. The van der Waals surface area contributed by atoms with Crippen LogP contribution in [-0.2, 0) is 6.42 Å². The summed E-state index contributed by atoms with van der Waals surface area (Å²) in [6.45, 7) is 7.72. The Hall–Kier alpha value is -1.12. The number of rotatable bonds is 1. The first-order chi connectivity index (χ1) is 8.63. The minimum Gasteiger partial charge on any atom is -0.310 e. The molecule has 0 saturated carbocycles. The van der Waals surface area contributed by atoms with Gasteiger partial charge in [-0.2, -0.15) is 0 Å². The Bertz CT molecular complexity index is 563. The van der Waals surface area contributed by atoms with Crippen LogP contribution in [0.25, 0.3) is 10.4 Å². The second kappa shape index (κ2) is 4.52. The third-order valence-corrected chi connectivity index (χ3v) is 4.88. The molecule has 0 amide bonds. The molecular formula is C16H19NS. The van der Waals surface area contributed by atoms with E-state index < -0.39 is 0 Å². The molecule has 1 unspecified atom stereocenters. The van der Waals surface area contributed by atoms with Crippen molar-refractivity contribution in [2.45, 2.75) is 33.2 Å². The largest absolute Gasteiger partial charge is 0.310 e. The standard InChI is InChI=1S/C16H19NS/c1-10-6-11(2)8-13(7-10)16-9-14-12(3)17-5-4-15(14)18-16/h6-9,12,17H,4-5H2,1-3H3. The Morgan fingerprint density at radius 1 is 1.11 bits per heavy atom. The number of thiophene rings is 1. The number of benzene rings is 1. The summed E-state index contributed by atoms with van der Waals surface area (Å²) in [7, 11) is 0. The van der Waals surface area contributed by atoms with Crippen LogP contribution in [0.3, 0.4) is 0 Å². The lowest BCUT2D eigenvalue weighted by molar-refractivity contribution is 0.547. The Kier molecular flexibility index (Phi) is 3.00. The van der Waals surface area contributed by atoms with Gasteiger partial charge in [-0.3, -0.25) is 0 Å². The van der Waals surface area contributed by atoms with Crippen LogP contribution in [0.2, 0.25) is 0 Å². The fourth-order valence-electron chi connectivity index (χ4n) is 2.78. The maximum absolute atomic E-state index is 3.53. The van der Waals surface area contributed by atoms with Crippen LogP contribution in [0.15, 0.2) is 24.3 Å². The van der Waals surface area contributed by atoms with Crippen LogP contribution in [-0.4, -0.2) is 6.54 Å². The Labute approximate surface area is 113 Å². The van der Waals surface area contributed by atoms with Crippen molar-refractivity contribution in [2.75, 3.05) is 6.54 Å². The fourth-order valence-corrected chi connectivity index (χ4v) is 4.02. The van der Waals surface area contributed by atoms with Crippen molar-refractivity contribution in [1.29, 1.82) is 0 Å². The van der Waals surface area contributed by atoms with Gasteiger partial charge in [0.05, 0.1) is 0 Å². The zero-order valence-corrected chi connectivity index (χ0v) is 12.0. The van der Waals surface area contributed by atoms with Gasteiger partial charge in [0.25, 0.3) is 0 Å². The summed E-state index contributed by atoms with van der Waals surface area (Å²) in [5.74, 6) is 0. The van der Waals surface area contributed by atoms with Crippen molar-refractivity contribution in [2.24, 2.45) is 0 Å². The molecule has 3 rings (SSSR count). The van der Waals surface area contributed by atoms with Crippen molar-refractivity contribution >= 4 is 11.3 Å². The summed E-state index contributed by atoms with van der Waals surface area (Å²) in [5.41, 5.74) is 5.57. The SMILES string of the molecule is Cc1cc(C)cc(-c2cc3c(s2)CCNC3C)c1. The maximum atomic E-state index is 3.53. The van der Waals surface area contributed by atoms with Gasteiger partial charge < -0.3 is 5.32 Å². The highest BCUT2D eigenvalue weighted by molar-refractivity contribution is 7.15. The molecule has 1 aliphatic rings. The highest BCUT2D eigenvalue weighted by Gasteiger charge is 2.19. The van der Waals surface area contributed by atoms with Crippen molar-refractivity contribution in [3.63, 3.8) is 0 Å². The monoisotopic (exact) mass is 257 g/mol. The quantitative estimate of drug-likeness (QED) is 0.806. The Balaban J connectivity index is 2.07. The van der Waals surface area contributed by atoms with Gasteiger partial charge in [0.15, 0.2) is 0 Å². The highest BCUT2D eigenvalue weighted by Crippen LogP contribution is 2.37. The molecule has 1 atom stereocenters. The van der Waals surface area contributed by atoms with Crippen molar-refractivity contribution in [3.05, 3.63) is 45.8 Å². The van der Waals surface area contributed by atoms with Crippen molar-refractivity contribution in [3.8, 4) is 10.4 Å². The van der Waals surface area contributed by atoms with E-state index in [0.29, 0.717) is 6.04 Å². The van der Waals surface area contributed by atoms with E-state index in [1.54, 1.807) is 4.88 Å². The zero-order chi connectivity index (χ0) is 12.7. The number of nitrogens with one attached hydrogen (secondary N) is 1. The lowest BCUT2D eigenvalue weighted by Gasteiger charge is -2.19. The van der Waals surface area contributed by atoms with Gasteiger partial charge in [0, 0.05) is 22.3 Å². The molecule has 0 bridgehead atoms. The molecule has 2 heteroatoms. The van der Waals surface area contributed by atoms with E-state index in [2.05, 4.69) is 50.4 Å². The lowest BCUT2D eigenvalue weighted by Crippen LogP contribution is -2.26. The summed E-state index contributed by atoms with van der Waals surface area (Å²) in [6.07, 6.45) is 1.18. The van der Waals surface area contributed by atoms with E-state index in [9.17, 15) is 0 Å². The van der Waals surface area contributed by atoms with Crippen molar-refractivity contribution < 1.29 is 0 Å². The van der Waals surface area contributed by atoms with Gasteiger partial charge in [-0.25, -0.2) is 0 Å². The summed E-state index contributed by atoms with van der Waals surface area (Å²) in [5, 5.41) is 3.53. The third kappa shape index (κ3) is 2.11. The van der Waals surface area contributed by atoms with Gasteiger partial charge in [-0.1, -0.05) is 29.3 Å². The smallest absolute Gasteiger partial charge is 0.0349 e. The molecule has 1 aromatic carbocycles. The number of fused-ring (bicyclic) bond motifs is 1. The third-order valence-electron chi connectivity index (χ3n) is 3.62. The zero-order valence-electron chi connectivity index (χ0n) is 11.2. The average molecular weight is 257 g/mol. The summed E-state index contributed by atoms with van der Waals surface area (Å²) in [4.78, 5) is 2.98. The molecule has 2 aromatic rings. The van der Waals surface area contributed by atoms with Gasteiger partial charge in [-0.15, -0.1) is 11.3 Å². The van der Waals surface area contributed by atoms with E-state index in [0.717, 1.165) is 6.54 Å². The van der Waals surface area contributed by atoms with E-state index in [1.165, 1.54) is 33.6 Å².